The molecule has 110 valence electrons. The Labute approximate surface area is 124 Å². The normalized spacial score (nSPS) is 14.0. The minimum atomic E-state index is 0.155. The first-order valence-electron chi connectivity index (χ1n) is 7.23. The van der Waals surface area contributed by atoms with Crippen molar-refractivity contribution in [3.8, 4) is 11.6 Å². The lowest BCUT2D eigenvalue weighted by molar-refractivity contribution is 0.299. The Kier molecular flexibility index (Phi) is 4.01. The molecule has 1 aliphatic carbocycles. The van der Waals surface area contributed by atoms with E-state index in [-0.39, 0.29) is 6.61 Å². The van der Waals surface area contributed by atoms with Gasteiger partial charge in [0.05, 0.1) is 0 Å². The quantitative estimate of drug-likeness (QED) is 0.854. The topological polar surface area (TPSA) is 67.3 Å². The van der Waals surface area contributed by atoms with Gasteiger partial charge in [-0.2, -0.15) is 4.98 Å². The van der Waals surface area contributed by atoms with Crippen LogP contribution >= 0.6 is 0 Å². The van der Waals surface area contributed by atoms with E-state index in [1.807, 2.05) is 31.3 Å². The molecular weight excluding hydrogens is 266 g/mol. The number of hydrogen-bond donors (Lipinski definition) is 2. The molecule has 5 heteroatoms. The van der Waals surface area contributed by atoms with Gasteiger partial charge < -0.3 is 15.2 Å². The summed E-state index contributed by atoms with van der Waals surface area (Å²) >= 11 is 0. The largest absolute Gasteiger partial charge is 0.439 e. The van der Waals surface area contributed by atoms with E-state index < -0.39 is 0 Å². The standard InChI is InChI=1S/C16H19N3O2/c1-17-14-10-15(19-16(18-14)12-4-5-12)21-13-6-2-11(3-7-13)8-9-20/h2-3,6-7,10,12,20H,4-5,8-9H2,1H3,(H,17,18,19). The summed E-state index contributed by atoms with van der Waals surface area (Å²) in [5.41, 5.74) is 1.09. The van der Waals surface area contributed by atoms with Gasteiger partial charge in [0, 0.05) is 25.6 Å². The van der Waals surface area contributed by atoms with Crippen molar-refractivity contribution in [3.05, 3.63) is 41.7 Å². The number of aliphatic hydroxyl groups is 1. The summed E-state index contributed by atoms with van der Waals surface area (Å²) in [6.07, 6.45) is 2.97. The number of ether oxygens (including phenoxy) is 1. The molecule has 0 amide bonds. The first-order valence-corrected chi connectivity index (χ1v) is 7.23. The van der Waals surface area contributed by atoms with Crippen LogP contribution in [0, 0.1) is 0 Å². The Bertz CT molecular complexity index is 609. The summed E-state index contributed by atoms with van der Waals surface area (Å²) in [5.74, 6) is 3.41. The van der Waals surface area contributed by atoms with E-state index in [4.69, 9.17) is 9.84 Å². The van der Waals surface area contributed by atoms with Gasteiger partial charge in [-0.3, -0.25) is 0 Å². The van der Waals surface area contributed by atoms with Gasteiger partial charge in [0.1, 0.15) is 17.4 Å². The fourth-order valence-electron chi connectivity index (χ4n) is 2.12. The highest BCUT2D eigenvalue weighted by atomic mass is 16.5. The van der Waals surface area contributed by atoms with Crippen LogP contribution in [0.25, 0.3) is 0 Å². The zero-order valence-corrected chi connectivity index (χ0v) is 12.0. The van der Waals surface area contributed by atoms with Gasteiger partial charge in [0.15, 0.2) is 0 Å². The molecule has 1 heterocycles. The minimum absolute atomic E-state index is 0.155. The van der Waals surface area contributed by atoms with Crippen molar-refractivity contribution in [2.24, 2.45) is 0 Å². The number of rotatable bonds is 6. The van der Waals surface area contributed by atoms with Crippen LogP contribution in [0.3, 0.4) is 0 Å². The lowest BCUT2D eigenvalue weighted by atomic mass is 10.1. The summed E-state index contributed by atoms with van der Waals surface area (Å²) < 4.78 is 5.82. The van der Waals surface area contributed by atoms with Crippen LogP contribution in [0.5, 0.6) is 11.6 Å². The summed E-state index contributed by atoms with van der Waals surface area (Å²) in [6.45, 7) is 0.155. The molecule has 0 atom stereocenters. The van der Waals surface area contributed by atoms with Crippen molar-refractivity contribution in [2.75, 3.05) is 19.0 Å². The molecule has 0 radical (unpaired) electrons. The van der Waals surface area contributed by atoms with E-state index in [1.54, 1.807) is 6.07 Å². The van der Waals surface area contributed by atoms with Crippen LogP contribution in [0.1, 0.15) is 30.1 Å². The Morgan fingerprint density at radius 1 is 1.24 bits per heavy atom. The molecule has 2 aromatic rings. The highest BCUT2D eigenvalue weighted by molar-refractivity contribution is 5.40. The number of aromatic nitrogens is 2. The van der Waals surface area contributed by atoms with Crippen LogP contribution in [-0.4, -0.2) is 28.7 Å². The second-order valence-corrected chi connectivity index (χ2v) is 5.19. The first-order chi connectivity index (χ1) is 10.3. The number of benzene rings is 1. The average Bonchev–Trinajstić information content (AvgIpc) is 3.34. The molecule has 1 aromatic heterocycles. The Balaban J connectivity index is 1.78. The monoisotopic (exact) mass is 285 g/mol. The molecule has 0 saturated heterocycles. The maximum atomic E-state index is 8.92. The summed E-state index contributed by atoms with van der Waals surface area (Å²) in [6, 6.07) is 9.49. The van der Waals surface area contributed by atoms with Crippen LogP contribution in [0.2, 0.25) is 0 Å². The molecule has 2 N–H and O–H groups in total. The van der Waals surface area contributed by atoms with E-state index in [2.05, 4.69) is 15.3 Å². The molecule has 1 aromatic carbocycles. The maximum Gasteiger partial charge on any atom is 0.224 e. The molecule has 1 aliphatic rings. The van der Waals surface area contributed by atoms with Crippen LogP contribution in [-0.2, 0) is 6.42 Å². The minimum Gasteiger partial charge on any atom is -0.439 e. The van der Waals surface area contributed by atoms with Gasteiger partial charge in [-0.1, -0.05) is 12.1 Å². The Morgan fingerprint density at radius 2 is 2.00 bits per heavy atom. The van der Waals surface area contributed by atoms with Crippen molar-refractivity contribution in [1.29, 1.82) is 0 Å². The van der Waals surface area contributed by atoms with Gasteiger partial charge >= 0.3 is 0 Å². The van der Waals surface area contributed by atoms with E-state index >= 15 is 0 Å². The molecule has 0 bridgehead atoms. The van der Waals surface area contributed by atoms with Crippen molar-refractivity contribution in [3.63, 3.8) is 0 Å². The third-order valence-corrected chi connectivity index (χ3v) is 3.46. The molecule has 21 heavy (non-hydrogen) atoms. The Hall–Kier alpha value is -2.14. The first kappa shape index (κ1) is 13.8. The van der Waals surface area contributed by atoms with E-state index in [0.717, 1.165) is 35.8 Å². The average molecular weight is 285 g/mol. The van der Waals surface area contributed by atoms with Gasteiger partial charge in [-0.15, -0.1) is 0 Å². The molecule has 0 spiro atoms. The number of nitrogens with zero attached hydrogens (tertiary/aromatic N) is 2. The van der Waals surface area contributed by atoms with Crippen LogP contribution in [0.4, 0.5) is 5.82 Å². The second kappa shape index (κ2) is 6.10. The van der Waals surface area contributed by atoms with Gasteiger partial charge in [-0.05, 0) is 37.0 Å². The molecule has 0 unspecified atom stereocenters. The van der Waals surface area contributed by atoms with Gasteiger partial charge in [0.2, 0.25) is 5.88 Å². The zero-order valence-electron chi connectivity index (χ0n) is 12.0. The predicted molar refractivity (Wildman–Crippen MR) is 80.9 cm³/mol. The van der Waals surface area contributed by atoms with Crippen LogP contribution in [0.15, 0.2) is 30.3 Å². The van der Waals surface area contributed by atoms with Crippen LogP contribution < -0.4 is 10.1 Å². The van der Waals surface area contributed by atoms with Gasteiger partial charge in [0.25, 0.3) is 0 Å². The third kappa shape index (κ3) is 3.49. The Morgan fingerprint density at radius 3 is 2.62 bits per heavy atom. The fourth-order valence-corrected chi connectivity index (χ4v) is 2.12. The molecule has 1 saturated carbocycles. The number of anilines is 1. The van der Waals surface area contributed by atoms with E-state index in [0.29, 0.717) is 18.2 Å². The zero-order chi connectivity index (χ0) is 14.7. The lowest BCUT2D eigenvalue weighted by Crippen LogP contribution is -2.01. The third-order valence-electron chi connectivity index (χ3n) is 3.46. The molecule has 0 aliphatic heterocycles. The molecule has 5 nitrogen and oxygen atoms in total. The second-order valence-electron chi connectivity index (χ2n) is 5.19. The molecule has 3 rings (SSSR count). The summed E-state index contributed by atoms with van der Waals surface area (Å²) in [5, 5.41) is 12.0. The van der Waals surface area contributed by atoms with Crippen molar-refractivity contribution in [2.45, 2.75) is 25.2 Å². The molecular formula is C16H19N3O2. The highest BCUT2D eigenvalue weighted by Gasteiger charge is 2.27. The van der Waals surface area contributed by atoms with Gasteiger partial charge in [-0.25, -0.2) is 4.98 Å². The van der Waals surface area contributed by atoms with E-state index in [1.165, 1.54) is 0 Å². The number of nitrogens with one attached hydrogen (secondary N) is 1. The highest BCUT2D eigenvalue weighted by Crippen LogP contribution is 2.39. The molecule has 1 fully saturated rings. The summed E-state index contributed by atoms with van der Waals surface area (Å²) in [4.78, 5) is 8.95. The van der Waals surface area contributed by atoms with E-state index in [9.17, 15) is 0 Å². The SMILES string of the molecule is CNc1cc(Oc2ccc(CCO)cc2)nc(C2CC2)n1. The van der Waals surface area contributed by atoms with Crippen molar-refractivity contribution >= 4 is 5.82 Å². The number of hydrogen-bond acceptors (Lipinski definition) is 5. The predicted octanol–water partition coefficient (Wildman–Crippen LogP) is 2.72. The van der Waals surface area contributed by atoms with Crippen molar-refractivity contribution in [1.82, 2.24) is 9.97 Å². The summed E-state index contributed by atoms with van der Waals surface area (Å²) in [7, 11) is 1.84. The van der Waals surface area contributed by atoms with Crippen molar-refractivity contribution < 1.29 is 9.84 Å². The maximum absolute atomic E-state index is 8.92. The lowest BCUT2D eigenvalue weighted by Gasteiger charge is -2.09. The smallest absolute Gasteiger partial charge is 0.224 e. The number of aliphatic hydroxyl groups excluding tert-OH is 1. The fraction of sp³-hybridized carbons (Fsp3) is 0.375.